The van der Waals surface area contributed by atoms with Crippen LogP contribution >= 0.6 is 0 Å². The number of fused-ring (bicyclic) bond motifs is 1. The van der Waals surface area contributed by atoms with Crippen LogP contribution in [0.5, 0.6) is 0 Å². The lowest BCUT2D eigenvalue weighted by atomic mass is 10.1. The standard InChI is InChI=1S/C12H13FN2O4/c13-6-2-1-3-7-9(6)14-5-15(7)12-11(18)10(17)8(4-16)19-12/h1-3,5,8,10-12,16-18H,4H2/t8-,10-,11-,12-/m1/s1. The van der Waals surface area contributed by atoms with Gasteiger partial charge in [-0.25, -0.2) is 9.37 Å². The molecule has 1 fully saturated rings. The van der Waals surface area contributed by atoms with Crippen LogP contribution in [-0.4, -0.2) is 49.8 Å². The second-order valence-electron chi connectivity index (χ2n) is 4.49. The minimum atomic E-state index is -1.21. The maximum absolute atomic E-state index is 13.5. The summed E-state index contributed by atoms with van der Waals surface area (Å²) in [4.78, 5) is 3.93. The summed E-state index contributed by atoms with van der Waals surface area (Å²) >= 11 is 0. The predicted molar refractivity (Wildman–Crippen MR) is 62.7 cm³/mol. The molecule has 0 aliphatic carbocycles. The van der Waals surface area contributed by atoms with E-state index >= 15 is 0 Å². The normalized spacial score (nSPS) is 31.2. The smallest absolute Gasteiger partial charge is 0.164 e. The second kappa shape index (κ2) is 4.53. The number of hydrogen-bond donors (Lipinski definition) is 3. The summed E-state index contributed by atoms with van der Waals surface area (Å²) in [5.74, 6) is -0.469. The zero-order valence-corrected chi connectivity index (χ0v) is 9.85. The van der Waals surface area contributed by atoms with Gasteiger partial charge in [0.1, 0.15) is 23.8 Å². The zero-order valence-electron chi connectivity index (χ0n) is 9.85. The van der Waals surface area contributed by atoms with Crippen molar-refractivity contribution in [3.63, 3.8) is 0 Å². The van der Waals surface area contributed by atoms with E-state index in [1.54, 1.807) is 6.07 Å². The molecule has 1 aromatic carbocycles. The van der Waals surface area contributed by atoms with Crippen molar-refractivity contribution in [3.05, 3.63) is 30.3 Å². The lowest BCUT2D eigenvalue weighted by Crippen LogP contribution is -2.33. The number of rotatable bonds is 2. The second-order valence-corrected chi connectivity index (χ2v) is 4.49. The van der Waals surface area contributed by atoms with Gasteiger partial charge in [0.15, 0.2) is 12.0 Å². The summed E-state index contributed by atoms with van der Waals surface area (Å²) in [7, 11) is 0. The Morgan fingerprint density at radius 1 is 1.32 bits per heavy atom. The van der Waals surface area contributed by atoms with E-state index in [-0.39, 0.29) is 5.52 Å². The number of nitrogens with zero attached hydrogens (tertiary/aromatic N) is 2. The van der Waals surface area contributed by atoms with Crippen molar-refractivity contribution < 1.29 is 24.4 Å². The summed E-state index contributed by atoms with van der Waals surface area (Å²) < 4.78 is 20.4. The third-order valence-electron chi connectivity index (χ3n) is 3.35. The van der Waals surface area contributed by atoms with Gasteiger partial charge in [-0.3, -0.25) is 0 Å². The Bertz CT molecular complexity index is 602. The van der Waals surface area contributed by atoms with Gasteiger partial charge < -0.3 is 24.6 Å². The fourth-order valence-corrected chi connectivity index (χ4v) is 2.33. The number of para-hydroxylation sites is 1. The number of aliphatic hydroxyl groups excluding tert-OH is 3. The molecule has 3 N–H and O–H groups in total. The van der Waals surface area contributed by atoms with Crippen LogP contribution in [0.3, 0.4) is 0 Å². The molecule has 1 saturated heterocycles. The number of benzene rings is 1. The van der Waals surface area contributed by atoms with Crippen molar-refractivity contribution in [2.45, 2.75) is 24.5 Å². The molecule has 2 heterocycles. The van der Waals surface area contributed by atoms with E-state index in [4.69, 9.17) is 9.84 Å². The SMILES string of the molecule is OC[C@H]1O[C@@H](n2cnc3c(F)cccc32)[C@H](O)[C@@H]1O. The van der Waals surface area contributed by atoms with Crippen molar-refractivity contribution in [1.82, 2.24) is 9.55 Å². The van der Waals surface area contributed by atoms with Crippen molar-refractivity contribution >= 4 is 11.0 Å². The van der Waals surface area contributed by atoms with Crippen molar-refractivity contribution in [3.8, 4) is 0 Å². The molecule has 0 amide bonds. The highest BCUT2D eigenvalue weighted by Gasteiger charge is 2.43. The highest BCUT2D eigenvalue weighted by Crippen LogP contribution is 2.31. The molecule has 6 nitrogen and oxygen atoms in total. The first kappa shape index (κ1) is 12.5. The van der Waals surface area contributed by atoms with Crippen LogP contribution < -0.4 is 0 Å². The number of aromatic nitrogens is 2. The molecule has 19 heavy (non-hydrogen) atoms. The summed E-state index contributed by atoms with van der Waals surface area (Å²) in [5.41, 5.74) is 0.620. The van der Waals surface area contributed by atoms with Gasteiger partial charge >= 0.3 is 0 Å². The van der Waals surface area contributed by atoms with Crippen LogP contribution in [0.2, 0.25) is 0 Å². The first-order valence-corrected chi connectivity index (χ1v) is 5.87. The third kappa shape index (κ3) is 1.82. The molecule has 1 aliphatic heterocycles. The van der Waals surface area contributed by atoms with Gasteiger partial charge in [-0.15, -0.1) is 0 Å². The molecule has 7 heteroatoms. The average Bonchev–Trinajstić information content (AvgIpc) is 2.94. The highest BCUT2D eigenvalue weighted by atomic mass is 19.1. The van der Waals surface area contributed by atoms with Gasteiger partial charge in [0.25, 0.3) is 0 Å². The molecule has 0 radical (unpaired) electrons. The molecule has 0 bridgehead atoms. The molecule has 2 aromatic rings. The van der Waals surface area contributed by atoms with Crippen molar-refractivity contribution in [1.29, 1.82) is 0 Å². The molecular formula is C12H13FN2O4. The van der Waals surface area contributed by atoms with E-state index < -0.39 is 37.0 Å². The third-order valence-corrected chi connectivity index (χ3v) is 3.35. The zero-order chi connectivity index (χ0) is 13.6. The van der Waals surface area contributed by atoms with Crippen LogP contribution in [0, 0.1) is 5.82 Å². The van der Waals surface area contributed by atoms with Gasteiger partial charge in [-0.05, 0) is 12.1 Å². The Morgan fingerprint density at radius 2 is 2.11 bits per heavy atom. The number of ether oxygens (including phenoxy) is 1. The van der Waals surface area contributed by atoms with Crippen LogP contribution in [0.4, 0.5) is 4.39 Å². The van der Waals surface area contributed by atoms with Crippen molar-refractivity contribution in [2.24, 2.45) is 0 Å². The average molecular weight is 268 g/mol. The summed E-state index contributed by atoms with van der Waals surface area (Å²) in [6, 6.07) is 4.45. The maximum Gasteiger partial charge on any atom is 0.164 e. The van der Waals surface area contributed by atoms with E-state index in [1.165, 1.54) is 23.0 Å². The van der Waals surface area contributed by atoms with Gasteiger partial charge in [0.2, 0.25) is 0 Å². The Kier molecular flexibility index (Phi) is 2.98. The summed E-state index contributed by atoms with van der Waals surface area (Å²) in [6.45, 7) is -0.407. The molecule has 0 unspecified atom stereocenters. The van der Waals surface area contributed by atoms with E-state index in [1.807, 2.05) is 0 Å². The first-order valence-electron chi connectivity index (χ1n) is 5.87. The topological polar surface area (TPSA) is 87.7 Å². The molecular weight excluding hydrogens is 255 g/mol. The minimum Gasteiger partial charge on any atom is -0.394 e. The van der Waals surface area contributed by atoms with Crippen LogP contribution in [0.15, 0.2) is 24.5 Å². The quantitative estimate of drug-likeness (QED) is 0.701. The van der Waals surface area contributed by atoms with Gasteiger partial charge in [0.05, 0.1) is 18.5 Å². The molecule has 0 saturated carbocycles. The predicted octanol–water partition coefficient (Wildman–Crippen LogP) is -0.213. The van der Waals surface area contributed by atoms with Crippen LogP contribution in [0.1, 0.15) is 6.23 Å². The fraction of sp³-hybridized carbons (Fsp3) is 0.417. The van der Waals surface area contributed by atoms with Gasteiger partial charge in [-0.1, -0.05) is 6.07 Å². The fourth-order valence-electron chi connectivity index (χ4n) is 2.33. The molecule has 1 aromatic heterocycles. The molecule has 1 aliphatic rings. The van der Waals surface area contributed by atoms with Crippen molar-refractivity contribution in [2.75, 3.05) is 6.61 Å². The highest BCUT2D eigenvalue weighted by molar-refractivity contribution is 5.75. The van der Waals surface area contributed by atoms with Gasteiger partial charge in [-0.2, -0.15) is 0 Å². The van der Waals surface area contributed by atoms with E-state index in [0.29, 0.717) is 5.52 Å². The van der Waals surface area contributed by atoms with E-state index in [2.05, 4.69) is 4.98 Å². The Balaban J connectivity index is 2.04. The number of halogens is 1. The van der Waals surface area contributed by atoms with E-state index in [9.17, 15) is 14.6 Å². The number of hydrogen-bond acceptors (Lipinski definition) is 5. The monoisotopic (exact) mass is 268 g/mol. The lowest BCUT2D eigenvalue weighted by Gasteiger charge is -2.16. The summed E-state index contributed by atoms with van der Waals surface area (Å²) in [5, 5.41) is 28.7. The number of aliphatic hydroxyl groups is 3. The number of imidazole rings is 1. The molecule has 4 atom stereocenters. The molecule has 3 rings (SSSR count). The summed E-state index contributed by atoms with van der Waals surface area (Å²) in [6.07, 6.45) is -2.84. The minimum absolute atomic E-state index is 0.167. The van der Waals surface area contributed by atoms with E-state index in [0.717, 1.165) is 0 Å². The lowest BCUT2D eigenvalue weighted by molar-refractivity contribution is -0.0508. The Morgan fingerprint density at radius 3 is 2.79 bits per heavy atom. The van der Waals surface area contributed by atoms with Crippen LogP contribution in [-0.2, 0) is 4.74 Å². The maximum atomic E-state index is 13.5. The molecule has 102 valence electrons. The Hall–Kier alpha value is -1.54. The molecule has 0 spiro atoms. The first-order chi connectivity index (χ1) is 9.13. The van der Waals surface area contributed by atoms with Gasteiger partial charge in [0, 0.05) is 0 Å². The Labute approximate surface area is 107 Å². The largest absolute Gasteiger partial charge is 0.394 e. The van der Waals surface area contributed by atoms with Crippen LogP contribution in [0.25, 0.3) is 11.0 Å².